The van der Waals surface area contributed by atoms with Crippen LogP contribution in [0.2, 0.25) is 0 Å². The summed E-state index contributed by atoms with van der Waals surface area (Å²) in [5.41, 5.74) is 6.58. The monoisotopic (exact) mass is 312 g/mol. The van der Waals surface area contributed by atoms with Crippen molar-refractivity contribution in [2.45, 2.75) is 12.8 Å². The van der Waals surface area contributed by atoms with Gasteiger partial charge in [0.2, 0.25) is 11.8 Å². The molecule has 0 spiro atoms. The predicted octanol–water partition coefficient (Wildman–Crippen LogP) is 1.74. The lowest BCUT2D eigenvalue weighted by molar-refractivity contribution is -0.121. The lowest BCUT2D eigenvalue weighted by Crippen LogP contribution is -2.31. The van der Waals surface area contributed by atoms with Crippen LogP contribution in [0.25, 0.3) is 0 Å². The van der Waals surface area contributed by atoms with Crippen molar-refractivity contribution >= 4 is 50.6 Å². The number of anilines is 1. The number of rotatable bonds is 2. The van der Waals surface area contributed by atoms with Crippen molar-refractivity contribution in [2.24, 2.45) is 5.73 Å². The maximum Gasteiger partial charge on any atom is 0.234 e. The summed E-state index contributed by atoms with van der Waals surface area (Å²) in [6.45, 7) is 0. The summed E-state index contributed by atoms with van der Waals surface area (Å²) in [5.74, 6) is -0.434. The Labute approximate surface area is 112 Å². The van der Waals surface area contributed by atoms with Crippen molar-refractivity contribution in [1.29, 1.82) is 0 Å². The van der Waals surface area contributed by atoms with Gasteiger partial charge in [0, 0.05) is 22.9 Å². The maximum absolute atomic E-state index is 11.7. The highest BCUT2D eigenvalue weighted by Crippen LogP contribution is 2.29. The van der Waals surface area contributed by atoms with E-state index < -0.39 is 0 Å². The summed E-state index contributed by atoms with van der Waals surface area (Å²) < 4.78 is 0.764. The lowest BCUT2D eigenvalue weighted by atomic mass is 10.1. The third kappa shape index (κ3) is 2.23. The van der Waals surface area contributed by atoms with Gasteiger partial charge in [0.1, 0.15) is 4.99 Å². The fraction of sp³-hybridized carbons (Fsp3) is 0.182. The number of nitrogens with two attached hydrogens (primary N) is 1. The minimum Gasteiger partial charge on any atom is -0.389 e. The molecule has 6 heteroatoms. The van der Waals surface area contributed by atoms with Crippen LogP contribution in [0.5, 0.6) is 0 Å². The van der Waals surface area contributed by atoms with Crippen LogP contribution in [0.4, 0.5) is 5.69 Å². The molecule has 1 aromatic carbocycles. The van der Waals surface area contributed by atoms with E-state index in [9.17, 15) is 9.59 Å². The highest BCUT2D eigenvalue weighted by molar-refractivity contribution is 9.10. The summed E-state index contributed by atoms with van der Waals surface area (Å²) in [6.07, 6.45) is 0.476. The second-order valence-corrected chi connectivity index (χ2v) is 5.00. The van der Waals surface area contributed by atoms with Crippen LogP contribution in [0.3, 0.4) is 0 Å². The average molecular weight is 313 g/mol. The standard InChI is InChI=1S/C11H9BrN2O2S/c12-6-1-2-7(11(13)17)8(5-6)14-9(15)3-4-10(14)16/h1-2,5H,3-4H2,(H2,13,17). The third-order valence-corrected chi connectivity index (χ3v) is 3.23. The van der Waals surface area contributed by atoms with Crippen LogP contribution >= 0.6 is 28.1 Å². The highest BCUT2D eigenvalue weighted by Gasteiger charge is 2.32. The van der Waals surface area contributed by atoms with Crippen LogP contribution in [-0.2, 0) is 9.59 Å². The van der Waals surface area contributed by atoms with Gasteiger partial charge < -0.3 is 5.73 Å². The quantitative estimate of drug-likeness (QED) is 0.667. The topological polar surface area (TPSA) is 63.4 Å². The molecule has 1 heterocycles. The molecule has 1 saturated heterocycles. The number of carbonyl (C=O) groups excluding carboxylic acids is 2. The van der Waals surface area contributed by atoms with Crippen LogP contribution in [-0.4, -0.2) is 16.8 Å². The van der Waals surface area contributed by atoms with E-state index >= 15 is 0 Å². The maximum atomic E-state index is 11.7. The van der Waals surface area contributed by atoms with E-state index in [0.29, 0.717) is 11.3 Å². The van der Waals surface area contributed by atoms with Gasteiger partial charge in [0.15, 0.2) is 0 Å². The lowest BCUT2D eigenvalue weighted by Gasteiger charge is -2.17. The van der Waals surface area contributed by atoms with E-state index in [1.54, 1.807) is 18.2 Å². The van der Waals surface area contributed by atoms with Crippen LogP contribution in [0.15, 0.2) is 22.7 Å². The number of amides is 2. The zero-order chi connectivity index (χ0) is 12.6. The number of imide groups is 1. The fourth-order valence-electron chi connectivity index (χ4n) is 1.74. The summed E-state index contributed by atoms with van der Waals surface area (Å²) in [7, 11) is 0. The predicted molar refractivity (Wildman–Crippen MR) is 71.8 cm³/mol. The molecule has 88 valence electrons. The Kier molecular flexibility index (Phi) is 3.26. The number of nitrogens with zero attached hydrogens (tertiary/aromatic N) is 1. The molecule has 0 aliphatic carbocycles. The molecule has 1 aliphatic heterocycles. The Hall–Kier alpha value is -1.27. The van der Waals surface area contributed by atoms with Gasteiger partial charge in [-0.15, -0.1) is 0 Å². The van der Waals surface area contributed by atoms with Gasteiger partial charge in [-0.2, -0.15) is 0 Å². The molecule has 1 aliphatic rings. The van der Waals surface area contributed by atoms with E-state index in [1.165, 1.54) is 0 Å². The number of halogens is 1. The van der Waals surface area contributed by atoms with Crippen molar-refractivity contribution in [2.75, 3.05) is 4.90 Å². The molecule has 17 heavy (non-hydrogen) atoms. The van der Waals surface area contributed by atoms with Gasteiger partial charge in [0.05, 0.1) is 5.69 Å². The van der Waals surface area contributed by atoms with Crippen molar-refractivity contribution < 1.29 is 9.59 Å². The molecule has 0 saturated carbocycles. The van der Waals surface area contributed by atoms with Gasteiger partial charge in [-0.05, 0) is 18.2 Å². The van der Waals surface area contributed by atoms with Gasteiger partial charge in [-0.1, -0.05) is 28.1 Å². The molecule has 1 fully saturated rings. The van der Waals surface area contributed by atoms with Gasteiger partial charge in [-0.3, -0.25) is 9.59 Å². The van der Waals surface area contributed by atoms with Crippen molar-refractivity contribution in [3.63, 3.8) is 0 Å². The summed E-state index contributed by atoms with van der Waals surface area (Å²) in [5, 5.41) is 0. The second-order valence-electron chi connectivity index (χ2n) is 3.65. The number of thiocarbonyl (C=S) groups is 1. The van der Waals surface area contributed by atoms with Crippen molar-refractivity contribution in [1.82, 2.24) is 0 Å². The highest BCUT2D eigenvalue weighted by atomic mass is 79.9. The zero-order valence-electron chi connectivity index (χ0n) is 8.77. The van der Waals surface area contributed by atoms with Crippen LogP contribution < -0.4 is 10.6 Å². The van der Waals surface area contributed by atoms with Crippen molar-refractivity contribution in [3.8, 4) is 0 Å². The normalized spacial score (nSPS) is 15.5. The van der Waals surface area contributed by atoms with Crippen LogP contribution in [0.1, 0.15) is 18.4 Å². The number of hydrogen-bond acceptors (Lipinski definition) is 3. The van der Waals surface area contributed by atoms with Crippen molar-refractivity contribution in [3.05, 3.63) is 28.2 Å². The summed E-state index contributed by atoms with van der Waals surface area (Å²) in [4.78, 5) is 24.7. The Morgan fingerprint density at radius 2 is 1.88 bits per heavy atom. The minimum atomic E-state index is -0.217. The summed E-state index contributed by atoms with van der Waals surface area (Å²) >= 11 is 8.22. The molecule has 2 amide bonds. The molecule has 0 aromatic heterocycles. The largest absolute Gasteiger partial charge is 0.389 e. The zero-order valence-corrected chi connectivity index (χ0v) is 11.2. The number of hydrogen-bond donors (Lipinski definition) is 1. The van der Waals surface area contributed by atoms with Gasteiger partial charge in [-0.25, -0.2) is 4.90 Å². The first-order chi connectivity index (χ1) is 8.00. The number of benzene rings is 1. The fourth-order valence-corrected chi connectivity index (χ4v) is 2.27. The first kappa shape index (κ1) is 12.2. The van der Waals surface area contributed by atoms with Gasteiger partial charge >= 0.3 is 0 Å². The Bertz CT molecular complexity index is 514. The molecule has 2 rings (SSSR count). The van der Waals surface area contributed by atoms with E-state index in [4.69, 9.17) is 18.0 Å². The Morgan fingerprint density at radius 1 is 1.29 bits per heavy atom. The van der Waals surface area contributed by atoms with E-state index in [2.05, 4.69) is 15.9 Å². The molecule has 1 aromatic rings. The van der Waals surface area contributed by atoms with E-state index in [1.807, 2.05) is 0 Å². The smallest absolute Gasteiger partial charge is 0.234 e. The molecular weight excluding hydrogens is 304 g/mol. The second kappa shape index (κ2) is 4.54. The molecule has 0 unspecified atom stereocenters. The molecule has 0 radical (unpaired) electrons. The summed E-state index contributed by atoms with van der Waals surface area (Å²) in [6, 6.07) is 5.14. The molecular formula is C11H9BrN2O2S. The SMILES string of the molecule is NC(=S)c1ccc(Br)cc1N1C(=O)CCC1=O. The van der Waals surface area contributed by atoms with Crippen LogP contribution in [0, 0.1) is 0 Å². The Morgan fingerprint density at radius 3 is 2.41 bits per heavy atom. The number of carbonyl (C=O) groups is 2. The minimum absolute atomic E-state index is 0.167. The molecule has 2 N–H and O–H groups in total. The average Bonchev–Trinajstić information content (AvgIpc) is 2.58. The Balaban J connectivity index is 2.57. The molecule has 4 nitrogen and oxygen atoms in total. The molecule has 0 bridgehead atoms. The molecule has 0 atom stereocenters. The first-order valence-electron chi connectivity index (χ1n) is 4.96. The van der Waals surface area contributed by atoms with Gasteiger partial charge in [0.25, 0.3) is 0 Å². The van der Waals surface area contributed by atoms with E-state index in [-0.39, 0.29) is 29.6 Å². The van der Waals surface area contributed by atoms with E-state index in [0.717, 1.165) is 9.37 Å². The third-order valence-electron chi connectivity index (χ3n) is 2.52. The first-order valence-corrected chi connectivity index (χ1v) is 6.16.